The smallest absolute Gasteiger partial charge is 0.243 e. The topological polar surface area (TPSA) is 101 Å². The Morgan fingerprint density at radius 1 is 1.26 bits per heavy atom. The van der Waals surface area contributed by atoms with Gasteiger partial charge in [0, 0.05) is 12.2 Å². The number of nitrogens with two attached hydrogens (primary N) is 1. The summed E-state index contributed by atoms with van der Waals surface area (Å²) in [5.74, 6) is -0.283. The molecule has 0 unspecified atom stereocenters. The minimum Gasteiger partial charge on any atom is -0.325 e. The molecule has 1 rings (SSSR count). The highest BCUT2D eigenvalue weighted by Crippen LogP contribution is 2.11. The van der Waals surface area contributed by atoms with E-state index in [1.165, 1.54) is 0 Å². The van der Waals surface area contributed by atoms with Crippen molar-refractivity contribution in [3.05, 3.63) is 29.8 Å². The number of hydrogen-bond acceptors (Lipinski definition) is 4. The van der Waals surface area contributed by atoms with Crippen molar-refractivity contribution in [2.45, 2.75) is 25.9 Å². The Bertz CT molecular complexity index is 545. The van der Waals surface area contributed by atoms with Gasteiger partial charge in [-0.05, 0) is 31.5 Å². The van der Waals surface area contributed by atoms with E-state index in [1.807, 2.05) is 0 Å². The fourth-order valence-corrected chi connectivity index (χ4v) is 1.64. The number of anilines is 1. The van der Waals surface area contributed by atoms with Crippen LogP contribution in [-0.4, -0.2) is 26.1 Å². The van der Waals surface area contributed by atoms with E-state index in [0.29, 0.717) is 5.69 Å². The predicted octanol–water partition coefficient (Wildman–Crippen LogP) is 0.412. The number of carbonyl (C=O) groups excluding carboxylic acids is 1. The summed E-state index contributed by atoms with van der Waals surface area (Å²) >= 11 is 0. The van der Waals surface area contributed by atoms with Crippen LogP contribution < -0.4 is 15.8 Å². The van der Waals surface area contributed by atoms with E-state index < -0.39 is 15.6 Å². The molecule has 0 radical (unpaired) electrons. The summed E-state index contributed by atoms with van der Waals surface area (Å²) in [7, 11) is -3.21. The van der Waals surface area contributed by atoms with Crippen LogP contribution in [-0.2, 0) is 21.4 Å². The van der Waals surface area contributed by atoms with E-state index in [9.17, 15) is 13.2 Å². The van der Waals surface area contributed by atoms with Gasteiger partial charge in [0.25, 0.3) is 0 Å². The van der Waals surface area contributed by atoms with E-state index in [0.717, 1.165) is 11.8 Å². The standard InChI is InChI=1S/C12H19N3O3S/c1-12(2,13)11(16)15-10-6-4-9(5-7-10)8-14-19(3,17)18/h4-7,14H,8,13H2,1-3H3,(H,15,16). The third-order valence-corrected chi connectivity index (χ3v) is 3.00. The SMILES string of the molecule is CC(C)(N)C(=O)Nc1ccc(CNS(C)(=O)=O)cc1. The van der Waals surface area contributed by atoms with Crippen molar-refractivity contribution >= 4 is 21.6 Å². The molecule has 4 N–H and O–H groups in total. The van der Waals surface area contributed by atoms with Crippen LogP contribution >= 0.6 is 0 Å². The van der Waals surface area contributed by atoms with Crippen molar-refractivity contribution in [3.63, 3.8) is 0 Å². The van der Waals surface area contributed by atoms with Gasteiger partial charge in [-0.2, -0.15) is 0 Å². The molecule has 19 heavy (non-hydrogen) atoms. The number of sulfonamides is 1. The molecule has 0 fully saturated rings. The zero-order chi connectivity index (χ0) is 14.7. The lowest BCUT2D eigenvalue weighted by Gasteiger charge is -2.17. The lowest BCUT2D eigenvalue weighted by Crippen LogP contribution is -2.45. The Balaban J connectivity index is 2.65. The maximum absolute atomic E-state index is 11.6. The molecule has 7 heteroatoms. The molecule has 0 saturated heterocycles. The van der Waals surface area contributed by atoms with Crippen LogP contribution in [0.3, 0.4) is 0 Å². The molecule has 6 nitrogen and oxygen atoms in total. The largest absolute Gasteiger partial charge is 0.325 e. The molecule has 0 aliphatic carbocycles. The molecule has 0 aliphatic rings. The minimum atomic E-state index is -3.21. The summed E-state index contributed by atoms with van der Waals surface area (Å²) < 4.78 is 24.3. The van der Waals surface area contributed by atoms with Gasteiger partial charge in [0.2, 0.25) is 15.9 Å². The molecule has 1 amide bonds. The third-order valence-electron chi connectivity index (χ3n) is 2.34. The third kappa shape index (κ3) is 5.82. The van der Waals surface area contributed by atoms with E-state index >= 15 is 0 Å². The zero-order valence-electron chi connectivity index (χ0n) is 11.2. The van der Waals surface area contributed by atoms with Gasteiger partial charge in [0.1, 0.15) is 0 Å². The molecule has 0 bridgehead atoms. The Kier molecular flexibility index (Phi) is 4.67. The molecule has 0 heterocycles. The number of amides is 1. The quantitative estimate of drug-likeness (QED) is 0.729. The summed E-state index contributed by atoms with van der Waals surface area (Å²) in [5, 5.41) is 2.68. The van der Waals surface area contributed by atoms with Gasteiger partial charge < -0.3 is 11.1 Å². The van der Waals surface area contributed by atoms with Gasteiger partial charge in [-0.15, -0.1) is 0 Å². The number of benzene rings is 1. The first-order chi connectivity index (χ1) is 8.58. The van der Waals surface area contributed by atoms with Crippen molar-refractivity contribution < 1.29 is 13.2 Å². The number of nitrogens with one attached hydrogen (secondary N) is 2. The average Bonchev–Trinajstić information content (AvgIpc) is 2.26. The molecular formula is C12H19N3O3S. The second-order valence-electron chi connectivity index (χ2n) is 4.97. The molecule has 0 spiro atoms. The van der Waals surface area contributed by atoms with E-state index in [2.05, 4.69) is 10.0 Å². The zero-order valence-corrected chi connectivity index (χ0v) is 12.0. The second-order valence-corrected chi connectivity index (χ2v) is 6.80. The first-order valence-corrected chi connectivity index (χ1v) is 7.61. The van der Waals surface area contributed by atoms with Crippen LogP contribution in [0.2, 0.25) is 0 Å². The van der Waals surface area contributed by atoms with Crippen molar-refractivity contribution in [1.29, 1.82) is 0 Å². The highest BCUT2D eigenvalue weighted by molar-refractivity contribution is 7.88. The molecule has 0 aliphatic heterocycles. The van der Waals surface area contributed by atoms with Gasteiger partial charge in [0.15, 0.2) is 0 Å². The van der Waals surface area contributed by atoms with Crippen LogP contribution in [0.15, 0.2) is 24.3 Å². The number of hydrogen-bond donors (Lipinski definition) is 3. The van der Waals surface area contributed by atoms with Crippen molar-refractivity contribution in [1.82, 2.24) is 4.72 Å². The van der Waals surface area contributed by atoms with Crippen LogP contribution in [0.1, 0.15) is 19.4 Å². The number of rotatable bonds is 5. The summed E-state index contributed by atoms with van der Waals surface area (Å²) in [4.78, 5) is 11.6. The fourth-order valence-electron chi connectivity index (χ4n) is 1.21. The second kappa shape index (κ2) is 5.68. The Hall–Kier alpha value is -1.44. The van der Waals surface area contributed by atoms with Gasteiger partial charge >= 0.3 is 0 Å². The fraction of sp³-hybridized carbons (Fsp3) is 0.417. The van der Waals surface area contributed by atoms with Gasteiger partial charge in [-0.25, -0.2) is 13.1 Å². The Morgan fingerprint density at radius 2 is 1.79 bits per heavy atom. The Labute approximate surface area is 113 Å². The van der Waals surface area contributed by atoms with Crippen molar-refractivity contribution in [2.75, 3.05) is 11.6 Å². The van der Waals surface area contributed by atoms with E-state index in [-0.39, 0.29) is 12.5 Å². The van der Waals surface area contributed by atoms with Crippen LogP contribution in [0, 0.1) is 0 Å². The first-order valence-electron chi connectivity index (χ1n) is 5.72. The molecule has 1 aromatic carbocycles. The van der Waals surface area contributed by atoms with Crippen LogP contribution in [0.4, 0.5) is 5.69 Å². The van der Waals surface area contributed by atoms with E-state index in [1.54, 1.807) is 38.1 Å². The number of carbonyl (C=O) groups is 1. The van der Waals surface area contributed by atoms with Gasteiger partial charge in [-0.3, -0.25) is 4.79 Å². The molecular weight excluding hydrogens is 266 g/mol. The molecule has 0 saturated carbocycles. The van der Waals surface area contributed by atoms with Crippen molar-refractivity contribution in [3.8, 4) is 0 Å². The molecule has 1 aromatic rings. The molecule has 0 atom stereocenters. The summed E-state index contributed by atoms with van der Waals surface area (Å²) in [5.41, 5.74) is 6.13. The normalized spacial score (nSPS) is 12.2. The van der Waals surface area contributed by atoms with Gasteiger partial charge in [0.05, 0.1) is 11.8 Å². The average molecular weight is 285 g/mol. The first kappa shape index (κ1) is 15.6. The summed E-state index contributed by atoms with van der Waals surface area (Å²) in [6.45, 7) is 3.45. The molecule has 0 aromatic heterocycles. The monoisotopic (exact) mass is 285 g/mol. The van der Waals surface area contributed by atoms with Crippen molar-refractivity contribution in [2.24, 2.45) is 5.73 Å². The maximum atomic E-state index is 11.6. The highest BCUT2D eigenvalue weighted by atomic mass is 32.2. The lowest BCUT2D eigenvalue weighted by atomic mass is 10.1. The Morgan fingerprint density at radius 3 is 2.21 bits per heavy atom. The van der Waals surface area contributed by atoms with E-state index in [4.69, 9.17) is 5.73 Å². The predicted molar refractivity (Wildman–Crippen MR) is 75.0 cm³/mol. The van der Waals surface area contributed by atoms with Crippen LogP contribution in [0.25, 0.3) is 0 Å². The molecule has 106 valence electrons. The maximum Gasteiger partial charge on any atom is 0.243 e. The lowest BCUT2D eigenvalue weighted by molar-refractivity contribution is -0.120. The summed E-state index contributed by atoms with van der Waals surface area (Å²) in [6.07, 6.45) is 1.10. The minimum absolute atomic E-state index is 0.218. The summed E-state index contributed by atoms with van der Waals surface area (Å²) in [6, 6.07) is 6.86. The highest BCUT2D eigenvalue weighted by Gasteiger charge is 2.21. The van der Waals surface area contributed by atoms with Crippen LogP contribution in [0.5, 0.6) is 0 Å². The van der Waals surface area contributed by atoms with Gasteiger partial charge in [-0.1, -0.05) is 12.1 Å².